The molecule has 2 aromatic heterocycles. The molecule has 1 aliphatic rings. The van der Waals surface area contributed by atoms with Gasteiger partial charge in [0.2, 0.25) is 0 Å². The molecule has 0 bridgehead atoms. The summed E-state index contributed by atoms with van der Waals surface area (Å²) in [6.07, 6.45) is 3.13. The van der Waals surface area contributed by atoms with Gasteiger partial charge < -0.3 is 14.6 Å². The molecule has 8 heteroatoms. The van der Waals surface area contributed by atoms with Gasteiger partial charge in [-0.25, -0.2) is 9.37 Å². The second-order valence-corrected chi connectivity index (χ2v) is 7.22. The van der Waals surface area contributed by atoms with Crippen LogP contribution in [0.3, 0.4) is 0 Å². The number of ether oxygens (including phenoxy) is 1. The Morgan fingerprint density at radius 1 is 1.27 bits per heavy atom. The first-order chi connectivity index (χ1) is 14.5. The van der Waals surface area contributed by atoms with Crippen LogP contribution in [-0.4, -0.2) is 45.0 Å². The highest BCUT2D eigenvalue weighted by atomic mass is 19.1. The van der Waals surface area contributed by atoms with Crippen LogP contribution in [0, 0.1) is 5.82 Å². The summed E-state index contributed by atoms with van der Waals surface area (Å²) in [4.78, 5) is 37.9. The zero-order valence-electron chi connectivity index (χ0n) is 16.4. The number of H-pyrrole nitrogens is 1. The van der Waals surface area contributed by atoms with Crippen molar-refractivity contribution in [3.63, 3.8) is 0 Å². The average Bonchev–Trinajstić information content (AvgIpc) is 3.25. The molecule has 0 aliphatic carbocycles. The quantitative estimate of drug-likeness (QED) is 0.701. The number of likely N-dealkylation sites (tertiary alicyclic amines) is 1. The minimum atomic E-state index is -0.819. The summed E-state index contributed by atoms with van der Waals surface area (Å²) in [5.74, 6) is -0.265. The summed E-state index contributed by atoms with van der Waals surface area (Å²) in [6, 6.07) is 11.0. The number of hydrogen-bond acceptors (Lipinski definition) is 5. The maximum atomic E-state index is 13.8. The van der Waals surface area contributed by atoms with Crippen molar-refractivity contribution in [2.24, 2.45) is 0 Å². The van der Waals surface area contributed by atoms with Crippen molar-refractivity contribution in [1.29, 1.82) is 0 Å². The molecule has 7 nitrogen and oxygen atoms in total. The smallest absolute Gasteiger partial charge is 0.263 e. The molecular formula is C22H21FN4O3. The normalized spacial score (nSPS) is 17.0. The number of carbonyl (C=O) groups is 1. The first-order valence-corrected chi connectivity index (χ1v) is 9.73. The van der Waals surface area contributed by atoms with Crippen LogP contribution in [-0.2, 0) is 4.79 Å². The largest absolute Gasteiger partial charge is 0.478 e. The highest BCUT2D eigenvalue weighted by Gasteiger charge is 2.32. The Morgan fingerprint density at radius 3 is 2.80 bits per heavy atom. The van der Waals surface area contributed by atoms with Gasteiger partial charge in [0.25, 0.3) is 11.5 Å². The van der Waals surface area contributed by atoms with Crippen molar-refractivity contribution in [3.8, 4) is 17.1 Å². The third-order valence-corrected chi connectivity index (χ3v) is 5.12. The Bertz CT molecular complexity index is 1100. The lowest BCUT2D eigenvalue weighted by atomic mass is 10.0. The molecule has 1 aromatic carbocycles. The summed E-state index contributed by atoms with van der Waals surface area (Å²) >= 11 is 0. The van der Waals surface area contributed by atoms with Crippen LogP contribution in [0.2, 0.25) is 0 Å². The number of aromatic nitrogens is 3. The number of pyridine rings is 1. The number of benzene rings is 1. The van der Waals surface area contributed by atoms with Crippen LogP contribution < -0.4 is 10.3 Å². The van der Waals surface area contributed by atoms with Gasteiger partial charge in [-0.2, -0.15) is 0 Å². The number of rotatable bonds is 5. The third-order valence-electron chi connectivity index (χ3n) is 5.12. The van der Waals surface area contributed by atoms with Crippen LogP contribution in [0.4, 0.5) is 4.39 Å². The number of para-hydroxylation sites is 1. The molecule has 0 spiro atoms. The van der Waals surface area contributed by atoms with Crippen LogP contribution in [0.25, 0.3) is 11.4 Å². The molecule has 1 fully saturated rings. The number of aromatic amines is 1. The van der Waals surface area contributed by atoms with Gasteiger partial charge in [0.05, 0.1) is 5.69 Å². The number of nitrogens with zero attached hydrogens (tertiary/aromatic N) is 3. The maximum Gasteiger partial charge on any atom is 0.263 e. The first kappa shape index (κ1) is 19.8. The van der Waals surface area contributed by atoms with E-state index in [-0.39, 0.29) is 23.1 Å². The van der Waals surface area contributed by atoms with Gasteiger partial charge in [0.15, 0.2) is 17.7 Å². The highest BCUT2D eigenvalue weighted by Crippen LogP contribution is 2.27. The minimum Gasteiger partial charge on any atom is -0.478 e. The lowest BCUT2D eigenvalue weighted by Crippen LogP contribution is -2.39. The molecule has 30 heavy (non-hydrogen) atoms. The Hall–Kier alpha value is -3.55. The van der Waals surface area contributed by atoms with Gasteiger partial charge in [-0.05, 0) is 37.6 Å². The molecule has 0 unspecified atom stereocenters. The van der Waals surface area contributed by atoms with Gasteiger partial charge >= 0.3 is 0 Å². The predicted molar refractivity (Wildman–Crippen MR) is 109 cm³/mol. The van der Waals surface area contributed by atoms with Crippen molar-refractivity contribution in [3.05, 3.63) is 76.7 Å². The van der Waals surface area contributed by atoms with Crippen LogP contribution in [0.5, 0.6) is 5.75 Å². The molecule has 2 atom stereocenters. The summed E-state index contributed by atoms with van der Waals surface area (Å²) < 4.78 is 19.3. The van der Waals surface area contributed by atoms with E-state index in [9.17, 15) is 14.0 Å². The van der Waals surface area contributed by atoms with Crippen LogP contribution in [0.1, 0.15) is 25.0 Å². The molecule has 0 radical (unpaired) electrons. The maximum absolute atomic E-state index is 13.8. The van der Waals surface area contributed by atoms with Gasteiger partial charge in [0.1, 0.15) is 5.82 Å². The molecule has 1 saturated heterocycles. The second-order valence-electron chi connectivity index (χ2n) is 7.22. The van der Waals surface area contributed by atoms with Crippen LogP contribution >= 0.6 is 0 Å². The molecule has 3 heterocycles. The Balaban J connectivity index is 1.47. The van der Waals surface area contributed by atoms with Crippen molar-refractivity contribution < 1.29 is 13.9 Å². The fourth-order valence-corrected chi connectivity index (χ4v) is 3.57. The monoisotopic (exact) mass is 408 g/mol. The highest BCUT2D eigenvalue weighted by molar-refractivity contribution is 5.81. The minimum absolute atomic E-state index is 0.0485. The zero-order chi connectivity index (χ0) is 21.1. The molecule has 4 rings (SSSR count). The van der Waals surface area contributed by atoms with Crippen LogP contribution in [0.15, 0.2) is 59.7 Å². The van der Waals surface area contributed by atoms with Gasteiger partial charge in [-0.1, -0.05) is 12.1 Å². The van der Waals surface area contributed by atoms with E-state index in [1.807, 2.05) is 0 Å². The molecule has 0 saturated carbocycles. The average molecular weight is 408 g/mol. The second kappa shape index (κ2) is 8.44. The summed E-state index contributed by atoms with van der Waals surface area (Å²) in [5.41, 5.74) is 1.16. The predicted octanol–water partition coefficient (Wildman–Crippen LogP) is 2.75. The van der Waals surface area contributed by atoms with Crippen molar-refractivity contribution in [2.45, 2.75) is 25.4 Å². The standard InChI is InChI=1S/C22H21FN4O3/c1-14(30-19-5-3-2-4-17(19)23)22(29)27-11-8-16(13-27)18-12-20(28)26-21(25-18)15-6-9-24-10-7-15/h2-7,9-10,12,14,16H,8,11,13H2,1H3,(H,25,26,28)/t14-,16+/m0/s1. The fourth-order valence-electron chi connectivity index (χ4n) is 3.57. The molecule has 3 aromatic rings. The molecule has 154 valence electrons. The van der Waals surface area contributed by atoms with E-state index in [1.165, 1.54) is 18.2 Å². The number of halogens is 1. The van der Waals surface area contributed by atoms with E-state index in [4.69, 9.17) is 4.74 Å². The summed E-state index contributed by atoms with van der Waals surface area (Å²) in [5, 5.41) is 0. The van der Waals surface area contributed by atoms with E-state index in [0.717, 1.165) is 5.56 Å². The van der Waals surface area contributed by atoms with E-state index in [2.05, 4.69) is 15.0 Å². The Labute approximate surface area is 172 Å². The third kappa shape index (κ3) is 4.22. The van der Waals surface area contributed by atoms with E-state index in [1.54, 1.807) is 48.5 Å². The molecular weight excluding hydrogens is 387 g/mol. The number of carbonyl (C=O) groups excluding carboxylic acids is 1. The topological polar surface area (TPSA) is 88.2 Å². The van der Waals surface area contributed by atoms with Crippen molar-refractivity contribution >= 4 is 5.91 Å². The fraction of sp³-hybridized carbons (Fsp3) is 0.273. The molecule has 1 amide bonds. The Kier molecular flexibility index (Phi) is 5.56. The molecule has 1 aliphatic heterocycles. The lowest BCUT2D eigenvalue weighted by Gasteiger charge is -2.22. The number of amides is 1. The van der Waals surface area contributed by atoms with Gasteiger partial charge in [-0.3, -0.25) is 14.6 Å². The first-order valence-electron chi connectivity index (χ1n) is 9.73. The number of hydrogen-bond donors (Lipinski definition) is 1. The van der Waals surface area contributed by atoms with Crippen molar-refractivity contribution in [1.82, 2.24) is 19.9 Å². The zero-order valence-corrected chi connectivity index (χ0v) is 16.4. The van der Waals surface area contributed by atoms with E-state index >= 15 is 0 Å². The van der Waals surface area contributed by atoms with Gasteiger partial charge in [0, 0.05) is 43.0 Å². The van der Waals surface area contributed by atoms with E-state index < -0.39 is 11.9 Å². The number of nitrogens with one attached hydrogen (secondary N) is 1. The summed E-state index contributed by atoms with van der Waals surface area (Å²) in [6.45, 7) is 2.55. The van der Waals surface area contributed by atoms with Crippen molar-refractivity contribution in [2.75, 3.05) is 13.1 Å². The van der Waals surface area contributed by atoms with Gasteiger partial charge in [-0.15, -0.1) is 0 Å². The van der Waals surface area contributed by atoms with E-state index in [0.29, 0.717) is 31.0 Å². The summed E-state index contributed by atoms with van der Waals surface area (Å²) in [7, 11) is 0. The SMILES string of the molecule is C[C@H](Oc1ccccc1F)C(=O)N1CC[C@@H](c2cc(=O)[nH]c(-c3ccncc3)n2)C1. The molecule has 1 N–H and O–H groups in total. The lowest BCUT2D eigenvalue weighted by molar-refractivity contribution is -0.136. The Morgan fingerprint density at radius 2 is 2.03 bits per heavy atom.